The number of carbonyl (C=O) groups is 1. The molecule has 2 heterocycles. The van der Waals surface area contributed by atoms with Crippen molar-refractivity contribution < 1.29 is 26.7 Å². The smallest absolute Gasteiger partial charge is 0.320 e. The van der Waals surface area contributed by atoms with Gasteiger partial charge in [0, 0.05) is 32.8 Å². The summed E-state index contributed by atoms with van der Waals surface area (Å²) in [6, 6.07) is 27.4. The third-order valence-electron chi connectivity index (χ3n) is 8.22. The van der Waals surface area contributed by atoms with Crippen molar-refractivity contribution in [2.45, 2.75) is 11.3 Å². The lowest BCUT2D eigenvalue weighted by Gasteiger charge is -2.15. The Labute approximate surface area is 283 Å². The fourth-order valence-corrected chi connectivity index (χ4v) is 7.31. The number of nitroso groups, excluding NO2 is 1. The highest BCUT2D eigenvalue weighted by Gasteiger charge is 2.28. The molecule has 0 radical (unpaired) electrons. The van der Waals surface area contributed by atoms with Crippen molar-refractivity contribution >= 4 is 38.8 Å². The van der Waals surface area contributed by atoms with Crippen LogP contribution in [0.25, 0.3) is 55.4 Å². The van der Waals surface area contributed by atoms with Crippen LogP contribution in [-0.2, 0) is 11.0 Å². The molecule has 0 saturated carbocycles. The van der Waals surface area contributed by atoms with Gasteiger partial charge in [0.2, 0.25) is 0 Å². The van der Waals surface area contributed by atoms with Gasteiger partial charge in [-0.05, 0) is 65.7 Å². The van der Waals surface area contributed by atoms with Gasteiger partial charge in [-0.1, -0.05) is 47.6 Å². The van der Waals surface area contributed by atoms with Crippen LogP contribution in [0, 0.1) is 33.4 Å². The first kappa shape index (κ1) is 31.9. The van der Waals surface area contributed by atoms with Gasteiger partial charge in [-0.3, -0.25) is 8.77 Å². The van der Waals surface area contributed by atoms with E-state index in [-0.39, 0.29) is 60.5 Å². The van der Waals surface area contributed by atoms with Crippen LogP contribution in [0.15, 0.2) is 118 Å². The highest BCUT2D eigenvalue weighted by molar-refractivity contribution is 7.83. The van der Waals surface area contributed by atoms with Gasteiger partial charge in [0.15, 0.2) is 16.6 Å². The number of carbonyl (C=O) groups excluding carboxylic acids is 1. The van der Waals surface area contributed by atoms with Crippen LogP contribution >= 0.6 is 0 Å². The van der Waals surface area contributed by atoms with Crippen LogP contribution in [0.3, 0.4) is 0 Å². The van der Waals surface area contributed by atoms with Crippen LogP contribution < -0.4 is 0 Å². The summed E-state index contributed by atoms with van der Waals surface area (Å²) in [7, 11) is -2.13. The molecule has 0 aliphatic heterocycles. The Bertz CT molecular complexity index is 2600. The van der Waals surface area contributed by atoms with E-state index in [1.54, 1.807) is 36.4 Å². The Balaban J connectivity index is 1.57. The molecular weight excluding hydrogens is 667 g/mol. The number of aromatic nitrogens is 2. The molecule has 0 N–H and O–H groups in total. The largest absolute Gasteiger partial charge is 0.355 e. The fourth-order valence-electron chi connectivity index (χ4n) is 6.03. The van der Waals surface area contributed by atoms with Gasteiger partial charge in [0.05, 0.1) is 56.5 Å². The zero-order chi connectivity index (χ0) is 35.1. The molecule has 0 spiro atoms. The summed E-state index contributed by atoms with van der Waals surface area (Å²) in [6.07, 6.45) is -1.37. The minimum atomic E-state index is -2.75. The number of halogens is 3. The number of rotatable bonds is 7. The van der Waals surface area contributed by atoms with Gasteiger partial charge in [-0.25, -0.2) is 17.4 Å². The Morgan fingerprint density at radius 3 is 2.24 bits per heavy atom. The molecule has 0 aliphatic rings. The molecule has 7 rings (SSSR count). The van der Waals surface area contributed by atoms with Gasteiger partial charge in [-0.2, -0.15) is 10.5 Å². The Hall–Kier alpha value is -6.70. The molecule has 0 saturated heterocycles. The number of nitrogens with zero attached hydrogens (tertiary/aromatic N) is 5. The van der Waals surface area contributed by atoms with Gasteiger partial charge in [0.25, 0.3) is 6.43 Å². The number of fused-ring (bicyclic) bond motifs is 2. The van der Waals surface area contributed by atoms with Crippen LogP contribution in [0.1, 0.15) is 33.5 Å². The minimum Gasteiger partial charge on any atom is -0.355 e. The van der Waals surface area contributed by atoms with Crippen molar-refractivity contribution in [2.24, 2.45) is 5.18 Å². The number of hydrogen-bond acceptors (Lipinski definition) is 7. The molecule has 1 atom stereocenters. The third-order valence-corrected chi connectivity index (χ3v) is 9.61. The van der Waals surface area contributed by atoms with Crippen molar-refractivity contribution in [1.29, 1.82) is 10.5 Å². The van der Waals surface area contributed by atoms with E-state index in [4.69, 9.17) is 4.52 Å². The van der Waals surface area contributed by atoms with Gasteiger partial charge < -0.3 is 4.52 Å². The number of hydrogen-bond donors (Lipinski definition) is 0. The maximum Gasteiger partial charge on any atom is 0.320 e. The zero-order valence-electron chi connectivity index (χ0n) is 25.3. The molecule has 0 fully saturated rings. The van der Waals surface area contributed by atoms with Gasteiger partial charge in [-0.15, -0.1) is 4.91 Å². The van der Waals surface area contributed by atoms with Crippen molar-refractivity contribution in [3.05, 3.63) is 136 Å². The summed E-state index contributed by atoms with van der Waals surface area (Å²) in [4.78, 5) is 23.3. The van der Waals surface area contributed by atoms with Crippen molar-refractivity contribution in [2.75, 3.05) is 0 Å². The molecule has 1 amide bonds. The molecule has 2 aromatic heterocycles. The van der Waals surface area contributed by atoms with Gasteiger partial charge in [0.1, 0.15) is 5.82 Å². The third kappa shape index (κ3) is 5.23. The monoisotopic (exact) mass is 685 g/mol. The second-order valence-electron chi connectivity index (χ2n) is 11.0. The SMILES string of the molecule is N#Cc1cccc(C#N)c1-c1c(-c2cccc(-c3ccc(C(=O)N=O)c4oncc34)c2)n(S(=O)c2ccc(C(F)F)cc2)c2ccc(F)cc12. The van der Waals surface area contributed by atoms with Crippen molar-refractivity contribution in [1.82, 2.24) is 9.13 Å². The zero-order valence-corrected chi connectivity index (χ0v) is 26.1. The highest BCUT2D eigenvalue weighted by Crippen LogP contribution is 2.46. The average Bonchev–Trinajstić information content (AvgIpc) is 3.77. The molecule has 242 valence electrons. The van der Waals surface area contributed by atoms with Crippen LogP contribution in [-0.4, -0.2) is 19.2 Å². The molecule has 0 aliphatic carbocycles. The first-order valence-corrected chi connectivity index (χ1v) is 15.8. The number of amides is 1. The fraction of sp³-hybridized carbons (Fsp3) is 0.0270. The number of benzene rings is 5. The lowest BCUT2D eigenvalue weighted by Crippen LogP contribution is -2.07. The first-order chi connectivity index (χ1) is 24.2. The average molecular weight is 686 g/mol. The Morgan fingerprint density at radius 1 is 0.860 bits per heavy atom. The molecule has 7 aromatic rings. The normalized spacial score (nSPS) is 11.8. The van der Waals surface area contributed by atoms with E-state index in [0.29, 0.717) is 22.1 Å². The lowest BCUT2D eigenvalue weighted by molar-refractivity contribution is 0.100. The second kappa shape index (κ2) is 12.7. The number of alkyl halides is 2. The summed E-state index contributed by atoms with van der Waals surface area (Å²) in [5, 5.41) is 27.3. The van der Waals surface area contributed by atoms with Crippen molar-refractivity contribution in [3.8, 4) is 45.6 Å². The van der Waals surface area contributed by atoms with Gasteiger partial charge >= 0.3 is 5.91 Å². The quantitative estimate of drug-likeness (QED) is 0.152. The summed E-state index contributed by atoms with van der Waals surface area (Å²) in [6.45, 7) is 0. The van der Waals surface area contributed by atoms with E-state index in [0.717, 1.165) is 0 Å². The van der Waals surface area contributed by atoms with Crippen LogP contribution in [0.4, 0.5) is 13.2 Å². The second-order valence-corrected chi connectivity index (χ2v) is 12.3. The van der Waals surface area contributed by atoms with E-state index in [2.05, 4.69) is 22.5 Å². The molecule has 5 aromatic carbocycles. The molecule has 13 heteroatoms. The van der Waals surface area contributed by atoms with Crippen molar-refractivity contribution in [3.63, 3.8) is 0 Å². The van der Waals surface area contributed by atoms with E-state index in [1.807, 2.05) is 0 Å². The minimum absolute atomic E-state index is 0.0396. The van der Waals surface area contributed by atoms with E-state index in [1.165, 1.54) is 70.8 Å². The summed E-state index contributed by atoms with van der Waals surface area (Å²) in [5.41, 5.74) is 2.36. The molecular formula is C37H18F3N5O4S. The number of nitriles is 2. The maximum absolute atomic E-state index is 15.1. The summed E-state index contributed by atoms with van der Waals surface area (Å²) >= 11 is 0. The van der Waals surface area contributed by atoms with E-state index in [9.17, 15) is 33.2 Å². The standard InChI is InChI=1S/C37H18F3N5O4S/c38-25-9-14-31-29(16-25)33(32-23(17-41)5-2-6-24(32)18-42)34(45(31)50(48)26-10-7-20(8-11-26)36(39)40)22-4-1-3-21(15-22)27-12-13-28(37(46)44-47)35-30(27)19-43-49-35/h1-16,19,36H. The Kier molecular flexibility index (Phi) is 8.11. The molecule has 0 bridgehead atoms. The lowest BCUT2D eigenvalue weighted by atomic mass is 9.90. The Morgan fingerprint density at radius 2 is 1.56 bits per heavy atom. The highest BCUT2D eigenvalue weighted by atomic mass is 32.2. The summed E-state index contributed by atoms with van der Waals surface area (Å²) < 4.78 is 63.2. The van der Waals surface area contributed by atoms with Crippen LogP contribution in [0.2, 0.25) is 0 Å². The van der Waals surface area contributed by atoms with Crippen LogP contribution in [0.5, 0.6) is 0 Å². The predicted molar refractivity (Wildman–Crippen MR) is 179 cm³/mol. The van der Waals surface area contributed by atoms with E-state index >= 15 is 4.39 Å². The molecule has 50 heavy (non-hydrogen) atoms. The summed E-state index contributed by atoms with van der Waals surface area (Å²) in [5.74, 6) is -1.67. The topological polar surface area (TPSA) is 142 Å². The molecule has 1 unspecified atom stereocenters. The van der Waals surface area contributed by atoms with E-state index < -0.39 is 29.1 Å². The predicted octanol–water partition coefficient (Wildman–Crippen LogP) is 9.08. The molecule has 9 nitrogen and oxygen atoms in total. The maximum atomic E-state index is 15.1. The first-order valence-electron chi connectivity index (χ1n) is 14.7.